The molecule has 2 nitrogen and oxygen atoms in total. The van der Waals surface area contributed by atoms with Crippen LogP contribution in [0.25, 0.3) is 0 Å². The smallest absolute Gasteiger partial charge is 0.148 e. The maximum Gasteiger partial charge on any atom is 0.148 e. The Morgan fingerprint density at radius 2 is 1.80 bits per heavy atom. The maximum atomic E-state index is 5.35. The van der Waals surface area contributed by atoms with Gasteiger partial charge in [0, 0.05) is 12.6 Å². The Kier molecular flexibility index (Phi) is 5.23. The lowest BCUT2D eigenvalue weighted by atomic mass is 10.1. The highest BCUT2D eigenvalue weighted by atomic mass is 16.5. The second-order valence-corrected chi connectivity index (χ2v) is 4.65. The summed E-state index contributed by atoms with van der Waals surface area (Å²) in [4.78, 5) is 0. The topological polar surface area (TPSA) is 21.3 Å². The second kappa shape index (κ2) is 7.37. The van der Waals surface area contributed by atoms with Gasteiger partial charge in [-0.1, -0.05) is 48.4 Å². The van der Waals surface area contributed by atoms with Crippen LogP contribution in [0.3, 0.4) is 0 Å². The average Bonchev–Trinajstić information content (AvgIpc) is 2.52. The molecule has 1 atom stereocenters. The molecule has 2 rings (SSSR count). The molecular weight excluding hydrogens is 246 g/mol. The minimum atomic E-state index is 0.308. The van der Waals surface area contributed by atoms with Gasteiger partial charge in [0.15, 0.2) is 0 Å². The van der Waals surface area contributed by atoms with E-state index in [1.807, 2.05) is 18.2 Å². The monoisotopic (exact) mass is 265 g/mol. The van der Waals surface area contributed by atoms with Crippen LogP contribution in [0, 0.1) is 12.3 Å². The minimum Gasteiger partial charge on any atom is -0.481 e. The van der Waals surface area contributed by atoms with E-state index in [-0.39, 0.29) is 0 Å². The summed E-state index contributed by atoms with van der Waals surface area (Å²) in [5.41, 5.74) is 2.52. The van der Waals surface area contributed by atoms with Crippen molar-refractivity contribution in [3.8, 4) is 18.1 Å². The lowest BCUT2D eigenvalue weighted by Crippen LogP contribution is -2.17. The molecule has 0 radical (unpaired) electrons. The highest BCUT2D eigenvalue weighted by molar-refractivity contribution is 5.28. The zero-order valence-electron chi connectivity index (χ0n) is 11.7. The molecule has 0 spiro atoms. The molecule has 102 valence electrons. The summed E-state index contributed by atoms with van der Waals surface area (Å²) in [6, 6.07) is 18.7. The van der Waals surface area contributed by atoms with Crippen molar-refractivity contribution >= 4 is 0 Å². The highest BCUT2D eigenvalue weighted by Gasteiger charge is 2.03. The molecule has 20 heavy (non-hydrogen) atoms. The molecule has 0 fully saturated rings. The van der Waals surface area contributed by atoms with E-state index in [1.165, 1.54) is 11.1 Å². The van der Waals surface area contributed by atoms with E-state index >= 15 is 0 Å². The van der Waals surface area contributed by atoms with E-state index < -0.39 is 0 Å². The van der Waals surface area contributed by atoms with Gasteiger partial charge in [-0.25, -0.2) is 0 Å². The third kappa shape index (κ3) is 4.15. The van der Waals surface area contributed by atoms with Gasteiger partial charge in [-0.15, -0.1) is 6.42 Å². The SMILES string of the molecule is C#CCOc1ccc(CN[C@@H](C)c2ccccc2)cc1. The fourth-order valence-electron chi connectivity index (χ4n) is 1.96. The van der Waals surface area contributed by atoms with Crippen LogP contribution < -0.4 is 10.1 Å². The zero-order chi connectivity index (χ0) is 14.2. The number of hydrogen-bond acceptors (Lipinski definition) is 2. The predicted molar refractivity (Wildman–Crippen MR) is 82.5 cm³/mol. The first-order valence-corrected chi connectivity index (χ1v) is 6.73. The molecule has 2 aromatic carbocycles. The predicted octanol–water partition coefficient (Wildman–Crippen LogP) is 3.55. The van der Waals surface area contributed by atoms with Crippen molar-refractivity contribution in [3.63, 3.8) is 0 Å². The standard InChI is InChI=1S/C18H19NO/c1-3-13-20-18-11-9-16(10-12-18)14-19-15(2)17-7-5-4-6-8-17/h1,4-12,15,19H,13-14H2,2H3/t15-/m0/s1. The fourth-order valence-corrected chi connectivity index (χ4v) is 1.96. The number of rotatable bonds is 6. The van der Waals surface area contributed by atoms with E-state index in [1.54, 1.807) is 0 Å². The molecule has 0 saturated carbocycles. The van der Waals surface area contributed by atoms with Crippen molar-refractivity contribution in [1.82, 2.24) is 5.32 Å². The Hall–Kier alpha value is -2.24. The van der Waals surface area contributed by atoms with Gasteiger partial charge < -0.3 is 10.1 Å². The first-order chi connectivity index (χ1) is 9.79. The Labute approximate surface area is 120 Å². The molecule has 2 heteroatoms. The van der Waals surface area contributed by atoms with Crippen molar-refractivity contribution < 1.29 is 4.74 Å². The number of benzene rings is 2. The minimum absolute atomic E-state index is 0.308. The highest BCUT2D eigenvalue weighted by Crippen LogP contribution is 2.15. The van der Waals surface area contributed by atoms with Crippen LogP contribution in [0.1, 0.15) is 24.1 Å². The lowest BCUT2D eigenvalue weighted by molar-refractivity contribution is 0.370. The molecule has 0 unspecified atom stereocenters. The van der Waals surface area contributed by atoms with Crippen LogP contribution in [-0.4, -0.2) is 6.61 Å². The van der Waals surface area contributed by atoms with Crippen molar-refractivity contribution in [2.24, 2.45) is 0 Å². The summed E-state index contributed by atoms with van der Waals surface area (Å²) >= 11 is 0. The van der Waals surface area contributed by atoms with Gasteiger partial charge in [0.05, 0.1) is 0 Å². The largest absolute Gasteiger partial charge is 0.481 e. The van der Waals surface area contributed by atoms with Gasteiger partial charge in [0.2, 0.25) is 0 Å². The van der Waals surface area contributed by atoms with E-state index in [2.05, 4.69) is 54.6 Å². The third-order valence-corrected chi connectivity index (χ3v) is 3.16. The fraction of sp³-hybridized carbons (Fsp3) is 0.222. The van der Waals surface area contributed by atoms with Crippen molar-refractivity contribution in [1.29, 1.82) is 0 Å². The molecular formula is C18H19NO. The molecule has 0 heterocycles. The third-order valence-electron chi connectivity index (χ3n) is 3.16. The molecule has 2 aromatic rings. The molecule has 1 N–H and O–H groups in total. The van der Waals surface area contributed by atoms with Crippen LogP contribution in [0.5, 0.6) is 5.75 Å². The Bertz CT molecular complexity index is 554. The first kappa shape index (κ1) is 14.2. The summed E-state index contributed by atoms with van der Waals surface area (Å²) in [5.74, 6) is 3.26. The first-order valence-electron chi connectivity index (χ1n) is 6.73. The normalized spacial score (nSPS) is 11.6. The Morgan fingerprint density at radius 1 is 1.10 bits per heavy atom. The summed E-state index contributed by atoms with van der Waals surface area (Å²) in [7, 11) is 0. The van der Waals surface area contributed by atoms with Crippen LogP contribution in [0.2, 0.25) is 0 Å². The van der Waals surface area contributed by atoms with Crippen molar-refractivity contribution in [2.45, 2.75) is 19.5 Å². The van der Waals surface area contributed by atoms with Crippen molar-refractivity contribution in [2.75, 3.05) is 6.61 Å². The summed E-state index contributed by atoms with van der Waals surface area (Å²) in [6.45, 7) is 3.30. The van der Waals surface area contributed by atoms with E-state index in [0.717, 1.165) is 12.3 Å². The van der Waals surface area contributed by atoms with Crippen LogP contribution in [0.4, 0.5) is 0 Å². The van der Waals surface area contributed by atoms with Gasteiger partial charge in [-0.3, -0.25) is 0 Å². The molecule has 0 saturated heterocycles. The molecule has 0 aliphatic rings. The zero-order valence-corrected chi connectivity index (χ0v) is 11.7. The number of terminal acetylenes is 1. The number of hydrogen-bond donors (Lipinski definition) is 1. The number of ether oxygens (including phenoxy) is 1. The van der Waals surface area contributed by atoms with E-state index in [4.69, 9.17) is 11.2 Å². The van der Waals surface area contributed by atoms with Crippen molar-refractivity contribution in [3.05, 3.63) is 65.7 Å². The molecule has 0 bridgehead atoms. The lowest BCUT2D eigenvalue weighted by Gasteiger charge is -2.14. The van der Waals surface area contributed by atoms with Gasteiger partial charge in [-0.2, -0.15) is 0 Å². The van der Waals surface area contributed by atoms with Gasteiger partial charge in [-0.05, 0) is 30.2 Å². The van der Waals surface area contributed by atoms with Crippen LogP contribution in [0.15, 0.2) is 54.6 Å². The van der Waals surface area contributed by atoms with Gasteiger partial charge in [0.1, 0.15) is 12.4 Å². The Balaban J connectivity index is 1.86. The van der Waals surface area contributed by atoms with Gasteiger partial charge in [0.25, 0.3) is 0 Å². The summed E-state index contributed by atoms with van der Waals surface area (Å²) in [6.07, 6.45) is 5.16. The maximum absolute atomic E-state index is 5.35. The van der Waals surface area contributed by atoms with Gasteiger partial charge >= 0.3 is 0 Å². The second-order valence-electron chi connectivity index (χ2n) is 4.65. The molecule has 0 amide bonds. The Morgan fingerprint density at radius 3 is 2.45 bits per heavy atom. The molecule has 0 aromatic heterocycles. The van der Waals surface area contributed by atoms with E-state index in [0.29, 0.717) is 12.6 Å². The van der Waals surface area contributed by atoms with Crippen LogP contribution in [-0.2, 0) is 6.54 Å². The quantitative estimate of drug-likeness (QED) is 0.806. The molecule has 0 aliphatic heterocycles. The summed E-state index contributed by atoms with van der Waals surface area (Å²) in [5, 5.41) is 3.50. The summed E-state index contributed by atoms with van der Waals surface area (Å²) < 4.78 is 5.35. The van der Waals surface area contributed by atoms with E-state index in [9.17, 15) is 0 Å². The van der Waals surface area contributed by atoms with Crippen LogP contribution >= 0.6 is 0 Å². The molecule has 0 aliphatic carbocycles. The number of nitrogens with one attached hydrogen (secondary N) is 1. The average molecular weight is 265 g/mol.